The molecule has 19 heavy (non-hydrogen) atoms. The molecule has 0 fully saturated rings. The number of nitrogens with one attached hydrogen (secondary N) is 1. The Labute approximate surface area is 118 Å². The van der Waals surface area contributed by atoms with E-state index in [-0.39, 0.29) is 5.91 Å². The van der Waals surface area contributed by atoms with Gasteiger partial charge in [-0.2, -0.15) is 11.8 Å². The van der Waals surface area contributed by atoms with Crippen molar-refractivity contribution in [2.24, 2.45) is 0 Å². The second-order valence-electron chi connectivity index (χ2n) is 3.82. The first kappa shape index (κ1) is 13.8. The van der Waals surface area contributed by atoms with Crippen molar-refractivity contribution >= 4 is 45.2 Å². The molecule has 7 heteroatoms. The molecule has 5 nitrogen and oxygen atoms in total. The second kappa shape index (κ2) is 6.03. The zero-order valence-electron chi connectivity index (χ0n) is 10.1. The van der Waals surface area contributed by atoms with Gasteiger partial charge in [-0.15, -0.1) is 11.3 Å². The predicted molar refractivity (Wildman–Crippen MR) is 76.9 cm³/mol. The Balaban J connectivity index is 2.16. The number of hydrogen-bond donors (Lipinski definition) is 2. The lowest BCUT2D eigenvalue weighted by molar-refractivity contribution is -0.138. The molecule has 0 aliphatic rings. The number of fused-ring (bicyclic) bond motifs is 1. The fourth-order valence-corrected chi connectivity index (χ4v) is 3.03. The molecule has 0 aliphatic carbocycles. The van der Waals surface area contributed by atoms with Gasteiger partial charge >= 0.3 is 5.97 Å². The molecule has 0 bridgehead atoms. The van der Waals surface area contributed by atoms with Crippen molar-refractivity contribution in [3.05, 3.63) is 29.3 Å². The lowest BCUT2D eigenvalue weighted by atomic mass is 10.3. The van der Waals surface area contributed by atoms with E-state index in [2.05, 4.69) is 10.3 Å². The van der Waals surface area contributed by atoms with Crippen LogP contribution in [0.15, 0.2) is 24.4 Å². The lowest BCUT2D eigenvalue weighted by Gasteiger charge is -2.11. The van der Waals surface area contributed by atoms with E-state index in [4.69, 9.17) is 5.11 Å². The maximum atomic E-state index is 12.0. The highest BCUT2D eigenvalue weighted by Crippen LogP contribution is 2.23. The van der Waals surface area contributed by atoms with Gasteiger partial charge in [0.05, 0.1) is 15.1 Å². The van der Waals surface area contributed by atoms with Crippen LogP contribution in [-0.4, -0.2) is 40.0 Å². The molecule has 2 N–H and O–H groups in total. The van der Waals surface area contributed by atoms with E-state index in [9.17, 15) is 9.59 Å². The Morgan fingerprint density at radius 3 is 3.00 bits per heavy atom. The highest BCUT2D eigenvalue weighted by atomic mass is 32.2. The van der Waals surface area contributed by atoms with Crippen LogP contribution in [0.25, 0.3) is 10.2 Å². The summed E-state index contributed by atoms with van der Waals surface area (Å²) in [6, 6.07) is 4.47. The first-order valence-corrected chi connectivity index (χ1v) is 7.70. The summed E-state index contributed by atoms with van der Waals surface area (Å²) in [4.78, 5) is 27.6. The number of carbonyl (C=O) groups excluding carboxylic acids is 1. The van der Waals surface area contributed by atoms with Crippen LogP contribution in [0.1, 0.15) is 9.67 Å². The largest absolute Gasteiger partial charge is 0.480 e. The summed E-state index contributed by atoms with van der Waals surface area (Å²) in [5.41, 5.74) is 0.745. The van der Waals surface area contributed by atoms with E-state index < -0.39 is 12.0 Å². The molecule has 1 atom stereocenters. The number of thiophene rings is 1. The molecule has 0 saturated carbocycles. The van der Waals surface area contributed by atoms with Crippen LogP contribution in [0.5, 0.6) is 0 Å². The van der Waals surface area contributed by atoms with Crippen molar-refractivity contribution in [1.82, 2.24) is 10.3 Å². The Bertz CT molecular complexity index is 579. The number of hydrogen-bond acceptors (Lipinski definition) is 5. The van der Waals surface area contributed by atoms with Gasteiger partial charge in [-0.25, -0.2) is 4.79 Å². The number of carboxylic acids is 1. The predicted octanol–water partition coefficient (Wildman–Crippen LogP) is 1.84. The number of amides is 1. The zero-order chi connectivity index (χ0) is 13.8. The molecule has 0 spiro atoms. The third kappa shape index (κ3) is 3.24. The van der Waals surface area contributed by atoms with Gasteiger partial charge in [0.25, 0.3) is 5.91 Å². The van der Waals surface area contributed by atoms with Crippen LogP contribution in [-0.2, 0) is 4.79 Å². The molecule has 0 aromatic carbocycles. The van der Waals surface area contributed by atoms with E-state index in [1.54, 1.807) is 24.6 Å². The minimum atomic E-state index is -1.03. The first-order valence-electron chi connectivity index (χ1n) is 5.49. The van der Waals surface area contributed by atoms with Crippen molar-refractivity contribution < 1.29 is 14.7 Å². The van der Waals surface area contributed by atoms with Crippen LogP contribution in [0, 0.1) is 0 Å². The number of aliphatic carboxylic acids is 1. The molecule has 0 radical (unpaired) electrons. The minimum absolute atomic E-state index is 0.338. The van der Waals surface area contributed by atoms with Crippen molar-refractivity contribution in [3.8, 4) is 0 Å². The number of rotatable bonds is 5. The molecule has 2 aromatic rings. The van der Waals surface area contributed by atoms with Crippen molar-refractivity contribution in [2.45, 2.75) is 6.04 Å². The zero-order valence-corrected chi connectivity index (χ0v) is 11.8. The summed E-state index contributed by atoms with van der Waals surface area (Å²) in [5.74, 6) is -1.06. The van der Waals surface area contributed by atoms with E-state index in [1.807, 2.05) is 6.07 Å². The number of pyridine rings is 1. The molecule has 100 valence electrons. The van der Waals surface area contributed by atoms with Crippen molar-refractivity contribution in [1.29, 1.82) is 0 Å². The highest BCUT2D eigenvalue weighted by molar-refractivity contribution is 7.98. The van der Waals surface area contributed by atoms with Crippen LogP contribution in [0.3, 0.4) is 0 Å². The summed E-state index contributed by atoms with van der Waals surface area (Å²) in [6.07, 6.45) is 3.45. The van der Waals surface area contributed by atoms with Gasteiger partial charge in [0.1, 0.15) is 6.04 Å². The van der Waals surface area contributed by atoms with Crippen molar-refractivity contribution in [3.63, 3.8) is 0 Å². The number of aromatic nitrogens is 1. The average molecular weight is 296 g/mol. The van der Waals surface area contributed by atoms with E-state index >= 15 is 0 Å². The molecule has 1 amide bonds. The summed E-state index contributed by atoms with van der Waals surface area (Å²) >= 11 is 2.68. The quantitative estimate of drug-likeness (QED) is 0.880. The number of carboxylic acid groups (broad SMARTS) is 1. The van der Waals surface area contributed by atoms with E-state index in [0.29, 0.717) is 10.6 Å². The molecule has 2 heterocycles. The Kier molecular flexibility index (Phi) is 4.39. The molecule has 2 aromatic heterocycles. The summed E-state index contributed by atoms with van der Waals surface area (Å²) in [7, 11) is 0. The topological polar surface area (TPSA) is 79.3 Å². The Morgan fingerprint density at radius 2 is 2.37 bits per heavy atom. The highest BCUT2D eigenvalue weighted by Gasteiger charge is 2.21. The van der Waals surface area contributed by atoms with Crippen LogP contribution < -0.4 is 5.32 Å². The Hall–Kier alpha value is -1.60. The van der Waals surface area contributed by atoms with E-state index in [0.717, 1.165) is 10.2 Å². The maximum absolute atomic E-state index is 12.0. The van der Waals surface area contributed by atoms with Crippen molar-refractivity contribution in [2.75, 3.05) is 12.0 Å². The normalized spacial score (nSPS) is 12.3. The fourth-order valence-electron chi connectivity index (χ4n) is 1.55. The molecule has 0 saturated heterocycles. The molecular formula is C12H12N2O3S2. The average Bonchev–Trinajstić information content (AvgIpc) is 2.81. The summed E-state index contributed by atoms with van der Waals surface area (Å²) in [5, 5.41) is 11.5. The maximum Gasteiger partial charge on any atom is 0.327 e. The lowest BCUT2D eigenvalue weighted by Crippen LogP contribution is -2.42. The number of carbonyl (C=O) groups is 2. The standard InChI is InChI=1S/C12H12N2O3S2/c1-18-6-8(12(16)17)14-11(15)10-5-7-9(19-10)3-2-4-13-7/h2-5,8H,6H2,1H3,(H,14,15)(H,16,17). The smallest absolute Gasteiger partial charge is 0.327 e. The first-order chi connectivity index (χ1) is 9.11. The fraction of sp³-hybridized carbons (Fsp3) is 0.250. The molecule has 0 aliphatic heterocycles. The minimum Gasteiger partial charge on any atom is -0.480 e. The van der Waals surface area contributed by atoms with Gasteiger partial charge in [-0.3, -0.25) is 9.78 Å². The Morgan fingerprint density at radius 1 is 1.58 bits per heavy atom. The second-order valence-corrected chi connectivity index (χ2v) is 5.81. The van der Waals surface area contributed by atoms with Gasteiger partial charge in [0.15, 0.2) is 0 Å². The number of thioether (sulfide) groups is 1. The molecule has 2 rings (SSSR count). The summed E-state index contributed by atoms with van der Waals surface area (Å²) in [6.45, 7) is 0. The van der Waals surface area contributed by atoms with Gasteiger partial charge in [-0.05, 0) is 24.5 Å². The monoisotopic (exact) mass is 296 g/mol. The SMILES string of the molecule is CSCC(NC(=O)c1cc2ncccc2s1)C(=O)O. The third-order valence-electron chi connectivity index (χ3n) is 2.45. The van der Waals surface area contributed by atoms with E-state index in [1.165, 1.54) is 23.1 Å². The number of nitrogens with zero attached hydrogens (tertiary/aromatic N) is 1. The van der Waals surface area contributed by atoms with Crippen LogP contribution in [0.4, 0.5) is 0 Å². The van der Waals surface area contributed by atoms with Gasteiger partial charge < -0.3 is 10.4 Å². The molecular weight excluding hydrogens is 284 g/mol. The molecule has 1 unspecified atom stereocenters. The van der Waals surface area contributed by atoms with Gasteiger partial charge in [0, 0.05) is 11.9 Å². The van der Waals surface area contributed by atoms with Crippen LogP contribution in [0.2, 0.25) is 0 Å². The van der Waals surface area contributed by atoms with Gasteiger partial charge in [-0.1, -0.05) is 0 Å². The van der Waals surface area contributed by atoms with Crippen LogP contribution >= 0.6 is 23.1 Å². The third-order valence-corrected chi connectivity index (χ3v) is 4.20. The van der Waals surface area contributed by atoms with Gasteiger partial charge in [0.2, 0.25) is 0 Å². The summed E-state index contributed by atoms with van der Waals surface area (Å²) < 4.78 is 0.907.